The first kappa shape index (κ1) is 15.2. The van der Waals surface area contributed by atoms with Crippen LogP contribution in [0, 0.1) is 10.8 Å². The second-order valence-corrected chi connectivity index (χ2v) is 5.66. The van der Waals surface area contributed by atoms with Gasteiger partial charge in [-0.05, 0) is 24.1 Å². The van der Waals surface area contributed by atoms with Crippen LogP contribution in [0.3, 0.4) is 0 Å². The van der Waals surface area contributed by atoms with Crippen LogP contribution in [0.1, 0.15) is 26.3 Å². The number of rotatable bonds is 4. The van der Waals surface area contributed by atoms with E-state index in [2.05, 4.69) is 5.32 Å². The van der Waals surface area contributed by atoms with E-state index in [1.807, 2.05) is 45.0 Å². The molecular weight excluding hydrogens is 240 g/mol. The number of nitrogens with two attached hydrogens (primary N) is 2. The van der Waals surface area contributed by atoms with Crippen LogP contribution in [0.25, 0.3) is 0 Å². The van der Waals surface area contributed by atoms with Crippen LogP contribution in [0.5, 0.6) is 0 Å². The Labute approximate surface area is 113 Å². The molecule has 0 fully saturated rings. The predicted octanol–water partition coefficient (Wildman–Crippen LogP) is 1.48. The van der Waals surface area contributed by atoms with Gasteiger partial charge in [0.25, 0.3) is 0 Å². The van der Waals surface area contributed by atoms with Crippen molar-refractivity contribution in [2.75, 3.05) is 5.32 Å². The smallest absolute Gasteiger partial charge is 0.190 e. The fraction of sp³-hybridized carbons (Fsp3) is 0.429. The van der Waals surface area contributed by atoms with E-state index in [0.717, 1.165) is 11.3 Å². The number of benzene rings is 1. The fourth-order valence-electron chi connectivity index (χ4n) is 1.78. The molecule has 5 nitrogen and oxygen atoms in total. The van der Waals surface area contributed by atoms with Gasteiger partial charge >= 0.3 is 0 Å². The summed E-state index contributed by atoms with van der Waals surface area (Å²) >= 11 is 0. The number of hydrogen-bond donors (Lipinski definition) is 4. The van der Waals surface area contributed by atoms with Gasteiger partial charge in [-0.15, -0.1) is 0 Å². The molecule has 1 aromatic carbocycles. The van der Waals surface area contributed by atoms with Gasteiger partial charge in [0.2, 0.25) is 0 Å². The first-order valence-corrected chi connectivity index (χ1v) is 6.20. The molecule has 6 N–H and O–H groups in total. The molecule has 104 valence electrons. The van der Waals surface area contributed by atoms with Crippen molar-refractivity contribution < 1.29 is 4.79 Å². The maximum atomic E-state index is 12.0. The summed E-state index contributed by atoms with van der Waals surface area (Å²) < 4.78 is 0. The minimum Gasteiger partial charge on any atom is -0.370 e. The monoisotopic (exact) mass is 262 g/mol. The summed E-state index contributed by atoms with van der Waals surface area (Å²) in [6.07, 6.45) is 0.510. The van der Waals surface area contributed by atoms with Gasteiger partial charge in [-0.25, -0.2) is 0 Å². The highest BCUT2D eigenvalue weighted by molar-refractivity contribution is 5.90. The molecule has 0 amide bonds. The SMILES string of the molecule is CC(C)(C)C(=O)C(N)Cc1ccc(NC(=N)N)cc1. The van der Waals surface area contributed by atoms with Crippen molar-refractivity contribution in [3.63, 3.8) is 0 Å². The quantitative estimate of drug-likeness (QED) is 0.487. The lowest BCUT2D eigenvalue weighted by molar-refractivity contribution is -0.127. The third kappa shape index (κ3) is 4.71. The molecule has 0 saturated heterocycles. The van der Waals surface area contributed by atoms with Crippen molar-refractivity contribution in [3.05, 3.63) is 29.8 Å². The molecule has 0 aliphatic heterocycles. The zero-order chi connectivity index (χ0) is 14.6. The molecule has 5 heteroatoms. The first-order valence-electron chi connectivity index (χ1n) is 6.20. The van der Waals surface area contributed by atoms with Gasteiger partial charge < -0.3 is 16.8 Å². The third-order valence-electron chi connectivity index (χ3n) is 2.76. The molecule has 19 heavy (non-hydrogen) atoms. The van der Waals surface area contributed by atoms with E-state index < -0.39 is 11.5 Å². The number of hydrogen-bond acceptors (Lipinski definition) is 3. The highest BCUT2D eigenvalue weighted by atomic mass is 16.1. The largest absolute Gasteiger partial charge is 0.370 e. The number of carbonyl (C=O) groups excluding carboxylic acids is 1. The standard InChI is InChI=1S/C14H22N4O/c1-14(2,3)12(19)11(15)8-9-4-6-10(7-5-9)18-13(16)17/h4-7,11H,8,15H2,1-3H3,(H4,16,17,18). The second kappa shape index (κ2) is 5.84. The Morgan fingerprint density at radius 1 is 1.32 bits per heavy atom. The Balaban J connectivity index is 2.68. The average molecular weight is 262 g/mol. The summed E-state index contributed by atoms with van der Waals surface area (Å²) in [6.45, 7) is 5.61. The molecule has 0 spiro atoms. The number of anilines is 1. The molecule has 1 rings (SSSR count). The summed E-state index contributed by atoms with van der Waals surface area (Å²) in [5, 5.41) is 9.82. The van der Waals surface area contributed by atoms with Crippen LogP contribution < -0.4 is 16.8 Å². The molecule has 1 atom stereocenters. The van der Waals surface area contributed by atoms with E-state index in [0.29, 0.717) is 6.42 Å². The van der Waals surface area contributed by atoms with Crippen molar-refractivity contribution >= 4 is 17.4 Å². The van der Waals surface area contributed by atoms with Crippen molar-refractivity contribution in [2.24, 2.45) is 16.9 Å². The molecule has 1 unspecified atom stereocenters. The summed E-state index contributed by atoms with van der Waals surface area (Å²) in [7, 11) is 0. The molecule has 0 aromatic heterocycles. The zero-order valence-electron chi connectivity index (χ0n) is 11.7. The van der Waals surface area contributed by atoms with E-state index in [1.54, 1.807) is 0 Å². The minimum absolute atomic E-state index is 0.0541. The van der Waals surface area contributed by atoms with Crippen molar-refractivity contribution in [3.8, 4) is 0 Å². The topological polar surface area (TPSA) is 105 Å². The van der Waals surface area contributed by atoms with Crippen LogP contribution in [0.4, 0.5) is 5.69 Å². The summed E-state index contributed by atoms with van der Waals surface area (Å²) in [4.78, 5) is 12.0. The summed E-state index contributed by atoms with van der Waals surface area (Å²) in [6, 6.07) is 6.88. The summed E-state index contributed by atoms with van der Waals surface area (Å²) in [5.41, 5.74) is 12.5. The van der Waals surface area contributed by atoms with E-state index >= 15 is 0 Å². The van der Waals surface area contributed by atoms with E-state index in [9.17, 15) is 4.79 Å². The van der Waals surface area contributed by atoms with Gasteiger partial charge in [0, 0.05) is 11.1 Å². The maximum Gasteiger partial charge on any atom is 0.190 e. The van der Waals surface area contributed by atoms with Crippen LogP contribution in [-0.2, 0) is 11.2 Å². The number of carbonyl (C=O) groups is 1. The third-order valence-corrected chi connectivity index (χ3v) is 2.76. The number of ketones is 1. The molecule has 0 saturated carbocycles. The zero-order valence-corrected chi connectivity index (χ0v) is 11.7. The Morgan fingerprint density at radius 3 is 2.26 bits per heavy atom. The molecular formula is C14H22N4O. The van der Waals surface area contributed by atoms with Crippen molar-refractivity contribution in [1.29, 1.82) is 5.41 Å². The van der Waals surface area contributed by atoms with Crippen LogP contribution in [-0.4, -0.2) is 17.8 Å². The Bertz CT molecular complexity index is 459. The Morgan fingerprint density at radius 2 is 1.84 bits per heavy atom. The summed E-state index contributed by atoms with van der Waals surface area (Å²) in [5.74, 6) is -0.0502. The van der Waals surface area contributed by atoms with Crippen LogP contribution in [0.2, 0.25) is 0 Å². The van der Waals surface area contributed by atoms with Gasteiger partial charge in [0.1, 0.15) is 0 Å². The first-order chi connectivity index (χ1) is 8.70. The van der Waals surface area contributed by atoms with E-state index in [4.69, 9.17) is 16.9 Å². The molecule has 0 radical (unpaired) electrons. The molecule has 0 bridgehead atoms. The van der Waals surface area contributed by atoms with E-state index in [1.165, 1.54) is 0 Å². The lowest BCUT2D eigenvalue weighted by Crippen LogP contribution is -2.40. The fourth-order valence-corrected chi connectivity index (χ4v) is 1.78. The molecule has 0 aliphatic rings. The Kier molecular flexibility index (Phi) is 4.67. The van der Waals surface area contributed by atoms with Crippen LogP contribution >= 0.6 is 0 Å². The Hall–Kier alpha value is -1.88. The normalized spacial score (nSPS) is 12.8. The highest BCUT2D eigenvalue weighted by Gasteiger charge is 2.26. The van der Waals surface area contributed by atoms with Gasteiger partial charge in [-0.1, -0.05) is 32.9 Å². The minimum atomic E-state index is -0.494. The lowest BCUT2D eigenvalue weighted by Gasteiger charge is -2.21. The molecule has 1 aromatic rings. The van der Waals surface area contributed by atoms with Gasteiger partial charge in [-0.3, -0.25) is 10.2 Å². The lowest BCUT2D eigenvalue weighted by atomic mass is 9.85. The van der Waals surface area contributed by atoms with Gasteiger partial charge in [0.15, 0.2) is 11.7 Å². The number of guanidine groups is 1. The average Bonchev–Trinajstić information content (AvgIpc) is 2.28. The number of nitrogens with one attached hydrogen (secondary N) is 2. The highest BCUT2D eigenvalue weighted by Crippen LogP contribution is 2.18. The van der Waals surface area contributed by atoms with Crippen molar-refractivity contribution in [2.45, 2.75) is 33.2 Å². The van der Waals surface area contributed by atoms with Gasteiger partial charge in [0.05, 0.1) is 6.04 Å². The maximum absolute atomic E-state index is 12.0. The molecule has 0 aliphatic carbocycles. The van der Waals surface area contributed by atoms with E-state index in [-0.39, 0.29) is 11.7 Å². The molecule has 0 heterocycles. The van der Waals surface area contributed by atoms with Crippen molar-refractivity contribution in [1.82, 2.24) is 0 Å². The van der Waals surface area contributed by atoms with Crippen LogP contribution in [0.15, 0.2) is 24.3 Å². The number of Topliss-reactive ketones (excluding diaryl/α,β-unsaturated/α-hetero) is 1. The predicted molar refractivity (Wildman–Crippen MR) is 78.1 cm³/mol. The van der Waals surface area contributed by atoms with Gasteiger partial charge in [-0.2, -0.15) is 0 Å². The second-order valence-electron chi connectivity index (χ2n) is 5.66.